The quantitative estimate of drug-likeness (QED) is 0.0839. The number of aliphatic hydroxyl groups is 1. The Morgan fingerprint density at radius 2 is 1.32 bits per heavy atom. The SMILES string of the molecule is Cc1cc(C)c(N2[CH-]N(c3c(C)cc(C)cc3C)CC2)c(C)c1.Cc1ccc([OH+]C(C)C)c(NCc2ccc(F)cc2[CH]=[Ru]([Cl])[Cl])c1. The average molecular weight is 766 g/mol. The third-order valence-electron chi connectivity index (χ3n) is 8.02. The maximum atomic E-state index is 13.5. The number of nitrogens with zero attached hydrogens (tertiary/aromatic N) is 2. The molecule has 4 aromatic rings. The van der Waals surface area contributed by atoms with Crippen LogP contribution in [0.4, 0.5) is 21.5 Å². The molecule has 1 heterocycles. The van der Waals surface area contributed by atoms with Crippen molar-refractivity contribution in [2.75, 3.05) is 28.2 Å². The molecule has 0 spiro atoms. The molecule has 0 aliphatic carbocycles. The first-order valence-corrected chi connectivity index (χ1v) is 21.4. The monoisotopic (exact) mass is 765 g/mol. The molecule has 8 heteroatoms. The fourth-order valence-electron chi connectivity index (χ4n) is 6.37. The molecule has 2 N–H and O–H groups in total. The number of aryl methyl sites for hydroxylation is 7. The Morgan fingerprint density at radius 3 is 1.81 bits per heavy atom. The van der Waals surface area contributed by atoms with Crippen molar-refractivity contribution in [2.24, 2.45) is 0 Å². The normalized spacial score (nSPS) is 13.0. The van der Waals surface area contributed by atoms with Gasteiger partial charge in [-0.25, -0.2) is 0 Å². The molecule has 1 aliphatic rings. The molecule has 0 atom stereocenters. The Labute approximate surface area is 294 Å². The molecule has 0 bridgehead atoms. The zero-order valence-corrected chi connectivity index (χ0v) is 32.2. The van der Waals surface area contributed by atoms with Crippen molar-refractivity contribution >= 4 is 41.1 Å². The van der Waals surface area contributed by atoms with E-state index in [0.717, 1.165) is 41.2 Å². The van der Waals surface area contributed by atoms with E-state index < -0.39 is 13.5 Å². The molecule has 1 aliphatic heterocycles. The molecule has 0 saturated carbocycles. The summed E-state index contributed by atoms with van der Waals surface area (Å²) in [7, 11) is 11.9. The first kappa shape index (κ1) is 36.9. The number of aromatic hydroxyl groups is 1. The Kier molecular flexibility index (Phi) is 12.9. The number of nitrogens with one attached hydrogen (secondary N) is 1. The van der Waals surface area contributed by atoms with Gasteiger partial charge in [-0.3, -0.25) is 0 Å². The topological polar surface area (TPSA) is 31.3 Å². The van der Waals surface area contributed by atoms with Gasteiger partial charge < -0.3 is 9.80 Å². The third kappa shape index (κ3) is 10.0. The van der Waals surface area contributed by atoms with Gasteiger partial charge in [0.05, 0.1) is 0 Å². The molecular formula is C39H48Cl2FN3ORu. The fourth-order valence-corrected chi connectivity index (χ4v) is 8.23. The van der Waals surface area contributed by atoms with E-state index in [4.69, 9.17) is 19.4 Å². The van der Waals surface area contributed by atoms with Crippen molar-refractivity contribution in [1.29, 1.82) is 0 Å². The summed E-state index contributed by atoms with van der Waals surface area (Å²) >= 11 is -2.02. The van der Waals surface area contributed by atoms with Crippen molar-refractivity contribution < 1.29 is 22.6 Å². The molecule has 254 valence electrons. The van der Waals surface area contributed by atoms with Gasteiger partial charge in [0, 0.05) is 24.5 Å². The molecule has 0 aromatic heterocycles. The predicted octanol–water partition coefficient (Wildman–Crippen LogP) is 10.5. The van der Waals surface area contributed by atoms with Crippen molar-refractivity contribution in [3.63, 3.8) is 0 Å². The van der Waals surface area contributed by atoms with Gasteiger partial charge in [-0.2, -0.15) is 6.67 Å². The minimum atomic E-state index is -2.02. The number of benzene rings is 4. The summed E-state index contributed by atoms with van der Waals surface area (Å²) < 4.78 is 19.9. The van der Waals surface area contributed by atoms with Crippen LogP contribution in [0.1, 0.15) is 63.9 Å². The first-order valence-electron chi connectivity index (χ1n) is 15.9. The van der Waals surface area contributed by atoms with Gasteiger partial charge >= 0.3 is 156 Å². The van der Waals surface area contributed by atoms with Crippen molar-refractivity contribution in [3.8, 4) is 5.75 Å². The Bertz CT molecular complexity index is 1640. The van der Waals surface area contributed by atoms with Gasteiger partial charge in [0.15, 0.2) is 0 Å². The first-order chi connectivity index (χ1) is 22.2. The average Bonchev–Trinajstić information content (AvgIpc) is 3.41. The van der Waals surface area contributed by atoms with Gasteiger partial charge in [0.25, 0.3) is 0 Å². The van der Waals surface area contributed by atoms with Crippen LogP contribution in [-0.2, 0) is 20.1 Å². The summed E-state index contributed by atoms with van der Waals surface area (Å²) in [5.41, 5.74) is 14.7. The number of anilines is 3. The molecule has 0 amide bonds. The summed E-state index contributed by atoms with van der Waals surface area (Å²) in [5, 5.41) is 3.40. The fraction of sp³-hybridized carbons (Fsp3) is 0.333. The number of rotatable bonds is 8. The molecule has 5 rings (SSSR count). The van der Waals surface area contributed by atoms with Crippen molar-refractivity contribution in [2.45, 2.75) is 75.0 Å². The van der Waals surface area contributed by atoms with E-state index in [1.807, 2.05) is 32.9 Å². The number of halogens is 3. The summed E-state index contributed by atoms with van der Waals surface area (Å²) in [6.45, 7) is 24.2. The van der Waals surface area contributed by atoms with Crippen LogP contribution in [0.3, 0.4) is 0 Å². The molecular weight excluding hydrogens is 717 g/mol. The number of hydrogen-bond donors (Lipinski definition) is 1. The van der Waals surface area contributed by atoms with E-state index in [0.29, 0.717) is 6.54 Å². The van der Waals surface area contributed by atoms with E-state index in [9.17, 15) is 4.39 Å². The van der Waals surface area contributed by atoms with E-state index in [1.165, 1.54) is 56.9 Å². The van der Waals surface area contributed by atoms with E-state index >= 15 is 0 Å². The second-order valence-corrected chi connectivity index (χ2v) is 18.5. The molecule has 0 unspecified atom stereocenters. The maximum absolute atomic E-state index is 13.5. The number of ether oxygens (including phenoxy) is 1. The Morgan fingerprint density at radius 1 is 0.787 bits per heavy atom. The van der Waals surface area contributed by atoms with Crippen molar-refractivity contribution in [1.82, 2.24) is 0 Å². The minimum absolute atomic E-state index is 0.211. The molecule has 1 saturated heterocycles. The molecule has 0 radical (unpaired) electrons. The van der Waals surface area contributed by atoms with Gasteiger partial charge in [-0.15, -0.1) is 0 Å². The summed E-state index contributed by atoms with van der Waals surface area (Å²) in [6, 6.07) is 19.9. The Hall–Kier alpha value is -2.92. The van der Waals surface area contributed by atoms with Gasteiger partial charge in [-0.1, -0.05) is 35.4 Å². The van der Waals surface area contributed by atoms with Crippen LogP contribution in [0.2, 0.25) is 0 Å². The second kappa shape index (κ2) is 16.5. The van der Waals surface area contributed by atoms with Crippen LogP contribution in [-0.4, -0.2) is 28.5 Å². The summed E-state index contributed by atoms with van der Waals surface area (Å²) in [4.78, 5) is 4.81. The van der Waals surface area contributed by atoms with Gasteiger partial charge in [0.1, 0.15) is 0 Å². The van der Waals surface area contributed by atoms with E-state index in [2.05, 4.69) is 98.4 Å². The zero-order chi connectivity index (χ0) is 34.4. The van der Waals surface area contributed by atoms with Gasteiger partial charge in [0.2, 0.25) is 0 Å². The molecule has 47 heavy (non-hydrogen) atoms. The molecule has 4 aromatic carbocycles. The van der Waals surface area contributed by atoms with E-state index in [-0.39, 0.29) is 11.9 Å². The summed E-state index contributed by atoms with van der Waals surface area (Å²) in [6.07, 6.45) is 0.211. The van der Waals surface area contributed by atoms with Gasteiger partial charge in [-0.05, 0) is 63.8 Å². The second-order valence-electron chi connectivity index (χ2n) is 12.7. The van der Waals surface area contributed by atoms with Crippen LogP contribution < -0.4 is 15.1 Å². The Balaban J connectivity index is 0.000000213. The molecule has 1 fully saturated rings. The standard InChI is InChI=1S/C21H27N2.C18H20FNO.2ClH.Ru/c1-14-9-16(3)20(17(4)10-14)22-7-8-23(13-22)21-18(5)11-15(2)12-19(21)6;1-12(2)21-18-8-5-13(3)9-17(18)20-11-15-6-7-16(19)10-14(15)4;;;/h9-13H,7-8H2,1-6H3;4-10,12,20H,11H2,1-3H3;2*1H;/q-1;;;;+2/p-1. The van der Waals surface area contributed by atoms with Crippen LogP contribution >= 0.6 is 19.4 Å². The van der Waals surface area contributed by atoms with Crippen LogP contribution in [0.25, 0.3) is 0 Å². The third-order valence-corrected chi connectivity index (χ3v) is 9.85. The summed E-state index contributed by atoms with van der Waals surface area (Å²) in [5.74, 6) is 0.630. The van der Waals surface area contributed by atoms with Crippen LogP contribution in [0.15, 0.2) is 60.7 Å². The predicted molar refractivity (Wildman–Crippen MR) is 199 cm³/mol. The zero-order valence-electron chi connectivity index (χ0n) is 29.0. The molecule has 4 nitrogen and oxygen atoms in total. The van der Waals surface area contributed by atoms with Crippen LogP contribution in [0.5, 0.6) is 5.75 Å². The van der Waals surface area contributed by atoms with Crippen LogP contribution in [0, 0.1) is 61.0 Å². The van der Waals surface area contributed by atoms with E-state index in [1.54, 1.807) is 10.7 Å². The van der Waals surface area contributed by atoms with Crippen molar-refractivity contribution in [3.05, 3.63) is 123 Å². The number of hydrogen-bond acceptors (Lipinski definition) is 3.